The standard InChI is InChI=1S/C33H55N3O8/c1-10-11-17-34-29(39)22(2)19-27(37)26(36-30(40)23(3)35-31(41)44-33(7,8)9)21-24-14-12-15-25(20-24)42-18-13-16-28(38)43-32(4,5)6/h12,14-15,20,22-23,26-27,37H,10-11,13,16-19,21H2,1-9H3,(H,34,39)(H,35,41)(H,36,40)/t22-,23-,26-,27+/m0/s1. The van der Waals surface area contributed by atoms with E-state index in [0.717, 1.165) is 18.4 Å². The van der Waals surface area contributed by atoms with E-state index in [1.807, 2.05) is 39.8 Å². The number of aliphatic hydroxyl groups excluding tert-OH is 1. The van der Waals surface area contributed by atoms with Crippen molar-refractivity contribution in [1.29, 1.82) is 0 Å². The average molecular weight is 622 g/mol. The summed E-state index contributed by atoms with van der Waals surface area (Å²) in [5, 5.41) is 19.5. The van der Waals surface area contributed by atoms with Crippen molar-refractivity contribution in [3.05, 3.63) is 29.8 Å². The Bertz CT molecular complexity index is 1060. The summed E-state index contributed by atoms with van der Waals surface area (Å²) in [6.07, 6.45) is 1.11. The van der Waals surface area contributed by atoms with E-state index in [2.05, 4.69) is 16.0 Å². The van der Waals surface area contributed by atoms with Crippen LogP contribution >= 0.6 is 0 Å². The van der Waals surface area contributed by atoms with E-state index in [1.54, 1.807) is 39.8 Å². The van der Waals surface area contributed by atoms with Crippen molar-refractivity contribution >= 4 is 23.9 Å². The van der Waals surface area contributed by atoms with E-state index in [9.17, 15) is 24.3 Å². The fourth-order valence-corrected chi connectivity index (χ4v) is 4.15. The van der Waals surface area contributed by atoms with Gasteiger partial charge in [0.05, 0.1) is 18.8 Å². The molecule has 0 aromatic heterocycles. The number of benzene rings is 1. The molecule has 3 amide bonds. The minimum Gasteiger partial charge on any atom is -0.494 e. The van der Waals surface area contributed by atoms with Gasteiger partial charge in [-0.15, -0.1) is 0 Å². The number of nitrogens with one attached hydrogen (secondary N) is 3. The zero-order chi connectivity index (χ0) is 33.5. The molecule has 11 heteroatoms. The van der Waals surface area contributed by atoms with Gasteiger partial charge in [0.25, 0.3) is 0 Å². The first kappa shape index (κ1) is 38.7. The average Bonchev–Trinajstić information content (AvgIpc) is 2.88. The zero-order valence-electron chi connectivity index (χ0n) is 28.1. The lowest BCUT2D eigenvalue weighted by Gasteiger charge is -2.28. The molecule has 0 radical (unpaired) electrons. The van der Waals surface area contributed by atoms with E-state index < -0.39 is 47.3 Å². The Morgan fingerprint density at radius 3 is 2.18 bits per heavy atom. The second kappa shape index (κ2) is 18.5. The lowest BCUT2D eigenvalue weighted by molar-refractivity contribution is -0.155. The van der Waals surface area contributed by atoms with Gasteiger partial charge in [-0.05, 0) is 91.8 Å². The van der Waals surface area contributed by atoms with Gasteiger partial charge in [0.2, 0.25) is 11.8 Å². The first-order chi connectivity index (χ1) is 20.4. The predicted octanol–water partition coefficient (Wildman–Crippen LogP) is 4.43. The molecule has 0 fully saturated rings. The second-order valence-corrected chi connectivity index (χ2v) is 13.2. The molecule has 44 heavy (non-hydrogen) atoms. The smallest absolute Gasteiger partial charge is 0.408 e. The minimum atomic E-state index is -1.06. The number of carbonyl (C=O) groups excluding carboxylic acids is 4. The molecule has 4 N–H and O–H groups in total. The number of esters is 1. The summed E-state index contributed by atoms with van der Waals surface area (Å²) < 4.78 is 16.4. The first-order valence-electron chi connectivity index (χ1n) is 15.6. The van der Waals surface area contributed by atoms with Crippen molar-refractivity contribution < 1.29 is 38.5 Å². The maximum atomic E-state index is 13.1. The van der Waals surface area contributed by atoms with Crippen molar-refractivity contribution in [2.45, 2.75) is 130 Å². The fourth-order valence-electron chi connectivity index (χ4n) is 4.15. The van der Waals surface area contributed by atoms with Crippen LogP contribution < -0.4 is 20.7 Å². The van der Waals surface area contributed by atoms with Crippen LogP contribution in [-0.2, 0) is 30.3 Å². The highest BCUT2D eigenvalue weighted by Gasteiger charge is 2.29. The van der Waals surface area contributed by atoms with Crippen molar-refractivity contribution in [3.8, 4) is 5.75 Å². The summed E-state index contributed by atoms with van der Waals surface area (Å²) in [6.45, 7) is 16.8. The third-order valence-corrected chi connectivity index (χ3v) is 6.36. The van der Waals surface area contributed by atoms with Crippen molar-refractivity contribution in [2.24, 2.45) is 5.92 Å². The Labute approximate surface area is 263 Å². The van der Waals surface area contributed by atoms with Crippen LogP contribution in [0.5, 0.6) is 5.75 Å². The first-order valence-corrected chi connectivity index (χ1v) is 15.6. The van der Waals surface area contributed by atoms with Gasteiger partial charge in [-0.3, -0.25) is 14.4 Å². The lowest BCUT2D eigenvalue weighted by Crippen LogP contribution is -2.53. The molecule has 0 aliphatic heterocycles. The monoisotopic (exact) mass is 621 g/mol. The van der Waals surface area contributed by atoms with E-state index in [1.165, 1.54) is 6.92 Å². The number of hydrogen-bond acceptors (Lipinski definition) is 8. The van der Waals surface area contributed by atoms with E-state index in [4.69, 9.17) is 14.2 Å². The predicted molar refractivity (Wildman–Crippen MR) is 169 cm³/mol. The van der Waals surface area contributed by atoms with Gasteiger partial charge in [0, 0.05) is 18.9 Å². The number of ether oxygens (including phenoxy) is 3. The van der Waals surface area contributed by atoms with Gasteiger partial charge in [0.15, 0.2) is 0 Å². The Morgan fingerprint density at radius 2 is 1.57 bits per heavy atom. The van der Waals surface area contributed by atoms with Gasteiger partial charge >= 0.3 is 12.1 Å². The SMILES string of the molecule is CCCCNC(=O)[C@@H](C)C[C@@H](O)[C@H](Cc1cccc(OCCCC(=O)OC(C)(C)C)c1)NC(=O)[C@H](C)NC(=O)OC(C)(C)C. The molecule has 4 atom stereocenters. The molecule has 250 valence electrons. The molecule has 0 spiro atoms. The van der Waals surface area contributed by atoms with E-state index in [-0.39, 0.29) is 31.1 Å². The molecule has 0 bridgehead atoms. The Hall–Kier alpha value is -3.34. The zero-order valence-corrected chi connectivity index (χ0v) is 28.1. The van der Waals surface area contributed by atoms with Crippen molar-refractivity contribution in [3.63, 3.8) is 0 Å². The Kier molecular flexibility index (Phi) is 16.2. The highest BCUT2D eigenvalue weighted by molar-refractivity contribution is 5.85. The van der Waals surface area contributed by atoms with Gasteiger partial charge < -0.3 is 35.3 Å². The summed E-state index contributed by atoms with van der Waals surface area (Å²) in [5.74, 6) is -0.863. The van der Waals surface area contributed by atoms with Gasteiger partial charge in [-0.25, -0.2) is 4.79 Å². The molecule has 0 unspecified atom stereocenters. The number of alkyl carbamates (subject to hydrolysis) is 1. The number of unbranched alkanes of at least 4 members (excludes halogenated alkanes) is 1. The third-order valence-electron chi connectivity index (χ3n) is 6.36. The molecule has 0 saturated heterocycles. The van der Waals surface area contributed by atoms with Crippen LogP contribution in [0.3, 0.4) is 0 Å². The van der Waals surface area contributed by atoms with Crippen LogP contribution in [0.1, 0.15) is 100.0 Å². The molecule has 1 aromatic rings. The molecule has 1 rings (SSSR count). The Morgan fingerprint density at radius 1 is 0.909 bits per heavy atom. The molecular formula is C33H55N3O8. The second-order valence-electron chi connectivity index (χ2n) is 13.2. The summed E-state index contributed by atoms with van der Waals surface area (Å²) in [4.78, 5) is 49.8. The summed E-state index contributed by atoms with van der Waals surface area (Å²) in [5.41, 5.74) is -0.481. The quantitative estimate of drug-likeness (QED) is 0.147. The van der Waals surface area contributed by atoms with Crippen LogP contribution in [0.4, 0.5) is 4.79 Å². The Balaban J connectivity index is 2.95. The van der Waals surface area contributed by atoms with Crippen molar-refractivity contribution in [2.75, 3.05) is 13.2 Å². The number of hydrogen-bond donors (Lipinski definition) is 4. The molecular weight excluding hydrogens is 566 g/mol. The molecule has 1 aromatic carbocycles. The number of aliphatic hydroxyl groups is 1. The maximum absolute atomic E-state index is 13.1. The molecule has 0 aliphatic rings. The van der Waals surface area contributed by atoms with E-state index in [0.29, 0.717) is 25.3 Å². The molecule has 0 saturated carbocycles. The van der Waals surface area contributed by atoms with Crippen LogP contribution in [0.25, 0.3) is 0 Å². The number of carbonyl (C=O) groups is 4. The number of amides is 3. The van der Waals surface area contributed by atoms with Crippen molar-refractivity contribution in [1.82, 2.24) is 16.0 Å². The normalized spacial score (nSPS) is 14.4. The highest BCUT2D eigenvalue weighted by Crippen LogP contribution is 2.19. The maximum Gasteiger partial charge on any atom is 0.408 e. The van der Waals surface area contributed by atoms with Gasteiger partial charge in [-0.2, -0.15) is 0 Å². The van der Waals surface area contributed by atoms with Crippen LogP contribution in [0, 0.1) is 5.92 Å². The van der Waals surface area contributed by atoms with Crippen LogP contribution in [0.2, 0.25) is 0 Å². The highest BCUT2D eigenvalue weighted by atomic mass is 16.6. The van der Waals surface area contributed by atoms with Gasteiger partial charge in [0.1, 0.15) is 23.0 Å². The van der Waals surface area contributed by atoms with E-state index >= 15 is 0 Å². The third kappa shape index (κ3) is 17.1. The molecule has 11 nitrogen and oxygen atoms in total. The summed E-state index contributed by atoms with van der Waals surface area (Å²) >= 11 is 0. The molecule has 0 heterocycles. The topological polar surface area (TPSA) is 152 Å². The lowest BCUT2D eigenvalue weighted by atomic mass is 9.93. The summed E-state index contributed by atoms with van der Waals surface area (Å²) in [7, 11) is 0. The van der Waals surface area contributed by atoms with Gasteiger partial charge in [-0.1, -0.05) is 32.4 Å². The summed E-state index contributed by atoms with van der Waals surface area (Å²) in [6, 6.07) is 5.55. The van der Waals surface area contributed by atoms with Crippen LogP contribution in [-0.4, -0.2) is 71.5 Å². The minimum absolute atomic E-state index is 0.123. The fraction of sp³-hybridized carbons (Fsp3) is 0.697. The number of rotatable bonds is 17. The largest absolute Gasteiger partial charge is 0.494 e. The molecule has 0 aliphatic carbocycles. The van der Waals surface area contributed by atoms with Crippen LogP contribution in [0.15, 0.2) is 24.3 Å².